The summed E-state index contributed by atoms with van der Waals surface area (Å²) in [6.07, 6.45) is 5.30. The van der Waals surface area contributed by atoms with Crippen LogP contribution in [0.3, 0.4) is 0 Å². The van der Waals surface area contributed by atoms with Crippen LogP contribution in [-0.2, 0) is 5.41 Å². The molecular formula is C13H23N5. The van der Waals surface area contributed by atoms with Crippen LogP contribution in [0.1, 0.15) is 52.3 Å². The molecule has 0 unspecified atom stereocenters. The van der Waals surface area contributed by atoms with E-state index in [0.717, 1.165) is 18.3 Å². The van der Waals surface area contributed by atoms with Crippen molar-refractivity contribution in [3.8, 4) is 0 Å². The van der Waals surface area contributed by atoms with Crippen molar-refractivity contribution in [3.05, 3.63) is 5.82 Å². The first-order valence-corrected chi connectivity index (χ1v) is 6.71. The van der Waals surface area contributed by atoms with Gasteiger partial charge in [-0.25, -0.2) is 0 Å². The molecule has 1 aliphatic carbocycles. The fraction of sp³-hybridized carbons (Fsp3) is 0.769. The van der Waals surface area contributed by atoms with E-state index < -0.39 is 0 Å². The summed E-state index contributed by atoms with van der Waals surface area (Å²) in [6, 6.07) is 0. The highest BCUT2D eigenvalue weighted by atomic mass is 15.2. The summed E-state index contributed by atoms with van der Waals surface area (Å²) < 4.78 is 0. The van der Waals surface area contributed by atoms with E-state index in [-0.39, 0.29) is 5.41 Å². The van der Waals surface area contributed by atoms with Gasteiger partial charge in [-0.2, -0.15) is 15.0 Å². The van der Waals surface area contributed by atoms with Gasteiger partial charge in [-0.3, -0.25) is 0 Å². The Hall–Kier alpha value is -1.39. The highest BCUT2D eigenvalue weighted by molar-refractivity contribution is 5.32. The van der Waals surface area contributed by atoms with Crippen molar-refractivity contribution in [3.63, 3.8) is 0 Å². The Labute approximate surface area is 109 Å². The van der Waals surface area contributed by atoms with Crippen molar-refractivity contribution in [1.29, 1.82) is 0 Å². The number of nitrogens with zero attached hydrogens (tertiary/aromatic N) is 3. The minimum Gasteiger partial charge on any atom is -0.368 e. The van der Waals surface area contributed by atoms with E-state index >= 15 is 0 Å². The van der Waals surface area contributed by atoms with Gasteiger partial charge in [0.2, 0.25) is 11.9 Å². The molecule has 100 valence electrons. The third kappa shape index (κ3) is 3.31. The van der Waals surface area contributed by atoms with Crippen molar-refractivity contribution in [2.45, 2.75) is 51.9 Å². The van der Waals surface area contributed by atoms with Gasteiger partial charge < -0.3 is 11.1 Å². The van der Waals surface area contributed by atoms with Gasteiger partial charge in [-0.05, 0) is 18.8 Å². The van der Waals surface area contributed by atoms with E-state index in [4.69, 9.17) is 5.73 Å². The average Bonchev–Trinajstić information content (AvgIpc) is 2.77. The molecule has 5 heteroatoms. The molecule has 0 atom stereocenters. The smallest absolute Gasteiger partial charge is 0.227 e. The second-order valence-corrected chi connectivity index (χ2v) is 6.12. The number of nitrogen functional groups attached to an aromatic ring is 1. The molecule has 18 heavy (non-hydrogen) atoms. The normalized spacial score (nSPS) is 17.1. The third-order valence-electron chi connectivity index (χ3n) is 3.35. The molecular weight excluding hydrogens is 226 g/mol. The largest absolute Gasteiger partial charge is 0.368 e. The Kier molecular flexibility index (Phi) is 3.68. The molecule has 0 aliphatic heterocycles. The summed E-state index contributed by atoms with van der Waals surface area (Å²) in [5.41, 5.74) is 5.63. The SMILES string of the molecule is CC(C)(C)c1nc(N)nc(NCC2CCCC2)n1. The van der Waals surface area contributed by atoms with Crippen LogP contribution in [0.2, 0.25) is 0 Å². The van der Waals surface area contributed by atoms with Crippen molar-refractivity contribution in [2.75, 3.05) is 17.6 Å². The molecule has 0 aromatic carbocycles. The summed E-state index contributed by atoms with van der Waals surface area (Å²) in [5, 5.41) is 3.30. The molecule has 0 radical (unpaired) electrons. The molecule has 1 fully saturated rings. The summed E-state index contributed by atoms with van der Waals surface area (Å²) in [4.78, 5) is 12.8. The number of nitrogens with one attached hydrogen (secondary N) is 1. The molecule has 5 nitrogen and oxygen atoms in total. The molecule has 0 saturated heterocycles. The Bertz CT molecular complexity index is 404. The summed E-state index contributed by atoms with van der Waals surface area (Å²) >= 11 is 0. The van der Waals surface area contributed by atoms with Gasteiger partial charge >= 0.3 is 0 Å². The summed E-state index contributed by atoms with van der Waals surface area (Å²) in [6.45, 7) is 7.15. The van der Waals surface area contributed by atoms with E-state index in [1.165, 1.54) is 25.7 Å². The van der Waals surface area contributed by atoms with E-state index in [1.807, 2.05) is 0 Å². The highest BCUT2D eigenvalue weighted by Gasteiger charge is 2.20. The quantitative estimate of drug-likeness (QED) is 0.860. The number of anilines is 2. The van der Waals surface area contributed by atoms with E-state index in [2.05, 4.69) is 41.0 Å². The lowest BCUT2D eigenvalue weighted by molar-refractivity contribution is 0.541. The van der Waals surface area contributed by atoms with Crippen molar-refractivity contribution >= 4 is 11.9 Å². The highest BCUT2D eigenvalue weighted by Crippen LogP contribution is 2.25. The first-order valence-electron chi connectivity index (χ1n) is 6.71. The van der Waals surface area contributed by atoms with Crippen LogP contribution in [0.25, 0.3) is 0 Å². The third-order valence-corrected chi connectivity index (χ3v) is 3.35. The topological polar surface area (TPSA) is 76.7 Å². The Morgan fingerprint density at radius 1 is 1.17 bits per heavy atom. The number of aromatic nitrogens is 3. The van der Waals surface area contributed by atoms with Gasteiger partial charge in [0.1, 0.15) is 5.82 Å². The lowest BCUT2D eigenvalue weighted by Crippen LogP contribution is -2.21. The van der Waals surface area contributed by atoms with Gasteiger partial charge in [0.25, 0.3) is 0 Å². The fourth-order valence-electron chi connectivity index (χ4n) is 2.26. The van der Waals surface area contributed by atoms with Crippen molar-refractivity contribution in [2.24, 2.45) is 5.92 Å². The Morgan fingerprint density at radius 3 is 2.44 bits per heavy atom. The molecule has 3 N–H and O–H groups in total. The van der Waals surface area contributed by atoms with Gasteiger partial charge in [0.05, 0.1) is 0 Å². The minimum atomic E-state index is -0.110. The van der Waals surface area contributed by atoms with Crippen LogP contribution < -0.4 is 11.1 Å². The minimum absolute atomic E-state index is 0.110. The van der Waals surface area contributed by atoms with Crippen LogP contribution in [0.15, 0.2) is 0 Å². The predicted molar refractivity (Wildman–Crippen MR) is 73.4 cm³/mol. The second-order valence-electron chi connectivity index (χ2n) is 6.12. The van der Waals surface area contributed by atoms with Gasteiger partial charge in [0, 0.05) is 12.0 Å². The lowest BCUT2D eigenvalue weighted by Gasteiger charge is -2.18. The van der Waals surface area contributed by atoms with E-state index in [1.54, 1.807) is 0 Å². The Balaban J connectivity index is 2.05. The number of hydrogen-bond donors (Lipinski definition) is 2. The number of hydrogen-bond acceptors (Lipinski definition) is 5. The molecule has 2 rings (SSSR count). The molecule has 1 aromatic heterocycles. The maximum Gasteiger partial charge on any atom is 0.227 e. The van der Waals surface area contributed by atoms with E-state index in [0.29, 0.717) is 11.9 Å². The zero-order valence-electron chi connectivity index (χ0n) is 11.5. The maximum absolute atomic E-state index is 5.74. The number of nitrogens with two attached hydrogens (primary N) is 1. The molecule has 1 aliphatic rings. The molecule has 1 saturated carbocycles. The zero-order chi connectivity index (χ0) is 13.2. The van der Waals surface area contributed by atoms with Gasteiger partial charge in [-0.1, -0.05) is 33.6 Å². The zero-order valence-corrected chi connectivity index (χ0v) is 11.5. The Morgan fingerprint density at radius 2 is 1.83 bits per heavy atom. The first-order chi connectivity index (χ1) is 8.45. The molecule has 1 heterocycles. The first kappa shape index (κ1) is 13.1. The summed E-state index contributed by atoms with van der Waals surface area (Å²) in [7, 11) is 0. The van der Waals surface area contributed by atoms with Crippen LogP contribution in [0, 0.1) is 5.92 Å². The molecule has 0 spiro atoms. The average molecular weight is 249 g/mol. The number of rotatable bonds is 3. The molecule has 0 amide bonds. The van der Waals surface area contributed by atoms with Crippen molar-refractivity contribution < 1.29 is 0 Å². The van der Waals surface area contributed by atoms with Gasteiger partial charge in [0.15, 0.2) is 0 Å². The maximum atomic E-state index is 5.74. The predicted octanol–water partition coefficient (Wildman–Crippen LogP) is 2.35. The van der Waals surface area contributed by atoms with E-state index in [9.17, 15) is 0 Å². The molecule has 0 bridgehead atoms. The van der Waals surface area contributed by atoms with Crippen LogP contribution in [0.4, 0.5) is 11.9 Å². The fourth-order valence-corrected chi connectivity index (χ4v) is 2.26. The van der Waals surface area contributed by atoms with Crippen LogP contribution in [0.5, 0.6) is 0 Å². The molecule has 1 aromatic rings. The van der Waals surface area contributed by atoms with Gasteiger partial charge in [-0.15, -0.1) is 0 Å². The van der Waals surface area contributed by atoms with Crippen LogP contribution in [-0.4, -0.2) is 21.5 Å². The van der Waals surface area contributed by atoms with Crippen LogP contribution >= 0.6 is 0 Å². The van der Waals surface area contributed by atoms with Crippen molar-refractivity contribution in [1.82, 2.24) is 15.0 Å². The lowest BCUT2D eigenvalue weighted by atomic mass is 9.96. The monoisotopic (exact) mass is 249 g/mol. The standard InChI is InChI=1S/C13H23N5/c1-13(2,3)10-16-11(14)18-12(17-10)15-8-9-6-4-5-7-9/h9H,4-8H2,1-3H3,(H3,14,15,16,17,18). The summed E-state index contributed by atoms with van der Waals surface area (Å²) in [5.74, 6) is 2.40. The second kappa shape index (κ2) is 5.08.